The molecule has 0 spiro atoms. The van der Waals surface area contributed by atoms with Crippen LogP contribution in [0.3, 0.4) is 0 Å². The highest BCUT2D eigenvalue weighted by atomic mass is 32.1. The van der Waals surface area contributed by atoms with E-state index in [1.807, 2.05) is 0 Å². The largest absolute Gasteiger partial charge is 0.478 e. The van der Waals surface area contributed by atoms with Gasteiger partial charge in [-0.25, -0.2) is 9.69 Å². The highest BCUT2D eigenvalue weighted by Gasteiger charge is 2.32. The molecule has 1 aliphatic rings. The van der Waals surface area contributed by atoms with Crippen molar-refractivity contribution in [3.8, 4) is 0 Å². The Morgan fingerprint density at radius 2 is 1.76 bits per heavy atom. The van der Waals surface area contributed by atoms with Crippen molar-refractivity contribution in [2.45, 2.75) is 13.8 Å². The summed E-state index contributed by atoms with van der Waals surface area (Å²) in [6, 6.07) is 0. The Labute approximate surface area is 101 Å². The van der Waals surface area contributed by atoms with Gasteiger partial charge in [-0.05, 0) is 19.4 Å². The van der Waals surface area contributed by atoms with Crippen LogP contribution in [0.1, 0.15) is 20.8 Å². The van der Waals surface area contributed by atoms with Crippen LogP contribution in [0.5, 0.6) is 0 Å². The quantitative estimate of drug-likeness (QED) is 0.808. The summed E-state index contributed by atoms with van der Waals surface area (Å²) in [6.45, 7) is 3.42. The SMILES string of the molecule is Cc1sc(N2C(=O)C=CC2=O)c(C(=O)O)c1C. The van der Waals surface area contributed by atoms with Crippen LogP contribution in [0.4, 0.5) is 5.00 Å². The Morgan fingerprint density at radius 3 is 2.24 bits per heavy atom. The second-order valence-corrected chi connectivity index (χ2v) is 4.82. The predicted molar refractivity (Wildman–Crippen MR) is 62.4 cm³/mol. The summed E-state index contributed by atoms with van der Waals surface area (Å²) in [7, 11) is 0. The van der Waals surface area contributed by atoms with E-state index >= 15 is 0 Å². The van der Waals surface area contributed by atoms with E-state index in [0.717, 1.165) is 33.3 Å². The highest BCUT2D eigenvalue weighted by molar-refractivity contribution is 7.17. The maximum absolute atomic E-state index is 11.5. The lowest BCUT2D eigenvalue weighted by atomic mass is 10.1. The minimum absolute atomic E-state index is 0.0258. The molecule has 0 aliphatic carbocycles. The Morgan fingerprint density at radius 1 is 1.24 bits per heavy atom. The van der Waals surface area contributed by atoms with E-state index in [2.05, 4.69) is 0 Å². The first-order chi connectivity index (χ1) is 7.93. The zero-order valence-corrected chi connectivity index (χ0v) is 10.00. The molecule has 0 atom stereocenters. The fourth-order valence-corrected chi connectivity index (χ4v) is 2.78. The lowest BCUT2D eigenvalue weighted by molar-refractivity contribution is -0.119. The number of carboxylic acid groups (broad SMARTS) is 1. The summed E-state index contributed by atoms with van der Waals surface area (Å²) in [5.41, 5.74) is 0.614. The molecule has 1 aromatic rings. The van der Waals surface area contributed by atoms with Crippen LogP contribution in [0.15, 0.2) is 12.2 Å². The van der Waals surface area contributed by atoms with Crippen molar-refractivity contribution in [2.24, 2.45) is 0 Å². The standard InChI is InChI=1S/C11H9NO4S/c1-5-6(2)17-10(9(5)11(15)16)12-7(13)3-4-8(12)14/h3-4H,1-2H3,(H,15,16). The molecular formula is C11H9NO4S. The molecular weight excluding hydrogens is 242 g/mol. The van der Waals surface area contributed by atoms with Crippen LogP contribution < -0.4 is 4.90 Å². The van der Waals surface area contributed by atoms with Crippen LogP contribution in [0, 0.1) is 13.8 Å². The molecule has 1 aromatic heterocycles. The molecule has 0 saturated carbocycles. The van der Waals surface area contributed by atoms with Gasteiger partial charge in [0.15, 0.2) is 0 Å². The Hall–Kier alpha value is -1.95. The fourth-order valence-electron chi connectivity index (χ4n) is 1.62. The van der Waals surface area contributed by atoms with E-state index in [9.17, 15) is 14.4 Å². The van der Waals surface area contributed by atoms with Crippen LogP contribution in [0.2, 0.25) is 0 Å². The summed E-state index contributed by atoms with van der Waals surface area (Å²) in [4.78, 5) is 35.9. The van der Waals surface area contributed by atoms with Crippen molar-refractivity contribution in [3.05, 3.63) is 28.2 Å². The summed E-state index contributed by atoms with van der Waals surface area (Å²) < 4.78 is 0. The molecule has 2 heterocycles. The summed E-state index contributed by atoms with van der Waals surface area (Å²) in [6.07, 6.45) is 2.27. The third-order valence-electron chi connectivity index (χ3n) is 2.59. The Balaban J connectivity index is 2.60. The van der Waals surface area contributed by atoms with Gasteiger partial charge in [-0.1, -0.05) is 0 Å². The molecule has 0 saturated heterocycles. The van der Waals surface area contributed by atoms with Gasteiger partial charge >= 0.3 is 5.97 Å². The lowest BCUT2D eigenvalue weighted by Crippen LogP contribution is -2.30. The van der Waals surface area contributed by atoms with E-state index < -0.39 is 17.8 Å². The van der Waals surface area contributed by atoms with Crippen molar-refractivity contribution in [1.29, 1.82) is 0 Å². The van der Waals surface area contributed by atoms with Crippen LogP contribution >= 0.6 is 11.3 Å². The topological polar surface area (TPSA) is 74.7 Å². The van der Waals surface area contributed by atoms with Crippen molar-refractivity contribution in [2.75, 3.05) is 4.90 Å². The Bertz CT molecular complexity index is 552. The number of amides is 2. The zero-order valence-electron chi connectivity index (χ0n) is 9.18. The van der Waals surface area contributed by atoms with Crippen LogP contribution in [-0.2, 0) is 9.59 Å². The number of anilines is 1. The molecule has 0 bridgehead atoms. The zero-order chi connectivity index (χ0) is 12.7. The first kappa shape index (κ1) is 11.5. The normalized spacial score (nSPS) is 14.8. The number of nitrogens with zero attached hydrogens (tertiary/aromatic N) is 1. The third-order valence-corrected chi connectivity index (χ3v) is 3.79. The molecule has 5 nitrogen and oxygen atoms in total. The minimum atomic E-state index is -1.13. The van der Waals surface area contributed by atoms with Crippen molar-refractivity contribution in [3.63, 3.8) is 0 Å². The van der Waals surface area contributed by atoms with Gasteiger partial charge in [-0.3, -0.25) is 9.59 Å². The molecule has 1 aliphatic heterocycles. The first-order valence-corrected chi connectivity index (χ1v) is 5.64. The van der Waals surface area contributed by atoms with E-state index in [1.165, 1.54) is 0 Å². The maximum atomic E-state index is 11.5. The number of aromatic carboxylic acids is 1. The van der Waals surface area contributed by atoms with Crippen molar-refractivity contribution < 1.29 is 19.5 Å². The second-order valence-electron chi connectivity index (χ2n) is 3.61. The van der Waals surface area contributed by atoms with Gasteiger partial charge in [0.1, 0.15) is 5.00 Å². The highest BCUT2D eigenvalue weighted by Crippen LogP contribution is 2.36. The molecule has 2 amide bonds. The van der Waals surface area contributed by atoms with E-state index in [1.54, 1.807) is 13.8 Å². The number of hydrogen-bond donors (Lipinski definition) is 1. The number of thiophene rings is 1. The maximum Gasteiger partial charge on any atom is 0.339 e. The van der Waals surface area contributed by atoms with Gasteiger partial charge in [0, 0.05) is 17.0 Å². The molecule has 17 heavy (non-hydrogen) atoms. The number of rotatable bonds is 2. The van der Waals surface area contributed by atoms with Gasteiger partial charge in [-0.15, -0.1) is 11.3 Å². The number of hydrogen-bond acceptors (Lipinski definition) is 4. The average molecular weight is 251 g/mol. The van der Waals surface area contributed by atoms with Gasteiger partial charge in [0.2, 0.25) is 0 Å². The average Bonchev–Trinajstić information content (AvgIpc) is 2.69. The second kappa shape index (κ2) is 3.81. The fraction of sp³-hybridized carbons (Fsp3) is 0.182. The summed E-state index contributed by atoms with van der Waals surface area (Å²) in [5, 5.41) is 9.32. The van der Waals surface area contributed by atoms with E-state index in [4.69, 9.17) is 5.11 Å². The van der Waals surface area contributed by atoms with E-state index in [-0.39, 0.29) is 10.6 Å². The number of imide groups is 1. The molecule has 0 aromatic carbocycles. The monoisotopic (exact) mass is 251 g/mol. The van der Waals surface area contributed by atoms with Gasteiger partial charge in [-0.2, -0.15) is 0 Å². The van der Waals surface area contributed by atoms with Gasteiger partial charge in [0.25, 0.3) is 11.8 Å². The number of carbonyl (C=O) groups is 3. The first-order valence-electron chi connectivity index (χ1n) is 4.83. The number of aryl methyl sites for hydroxylation is 1. The molecule has 88 valence electrons. The summed E-state index contributed by atoms with van der Waals surface area (Å²) >= 11 is 1.14. The molecule has 0 fully saturated rings. The van der Waals surface area contributed by atoms with Crippen molar-refractivity contribution in [1.82, 2.24) is 0 Å². The molecule has 0 unspecified atom stereocenters. The molecule has 0 radical (unpaired) electrons. The van der Waals surface area contributed by atoms with Crippen LogP contribution in [-0.4, -0.2) is 22.9 Å². The third kappa shape index (κ3) is 1.66. The Kier molecular flexibility index (Phi) is 2.59. The predicted octanol–water partition coefficient (Wildman–Crippen LogP) is 1.49. The summed E-state index contributed by atoms with van der Waals surface area (Å²) in [5.74, 6) is -2.13. The smallest absolute Gasteiger partial charge is 0.339 e. The van der Waals surface area contributed by atoms with Gasteiger partial charge < -0.3 is 5.11 Å². The molecule has 2 rings (SSSR count). The minimum Gasteiger partial charge on any atom is -0.478 e. The molecule has 6 heteroatoms. The molecule has 1 N–H and O–H groups in total. The number of carbonyl (C=O) groups excluding carboxylic acids is 2. The van der Waals surface area contributed by atoms with Crippen molar-refractivity contribution >= 4 is 34.1 Å². The van der Waals surface area contributed by atoms with Gasteiger partial charge in [0.05, 0.1) is 5.56 Å². The lowest BCUT2D eigenvalue weighted by Gasteiger charge is -2.12. The van der Waals surface area contributed by atoms with E-state index in [0.29, 0.717) is 5.56 Å². The number of carboxylic acids is 1. The van der Waals surface area contributed by atoms with Crippen LogP contribution in [0.25, 0.3) is 0 Å².